The van der Waals surface area contributed by atoms with Gasteiger partial charge in [-0.25, -0.2) is 9.97 Å². The lowest BCUT2D eigenvalue weighted by molar-refractivity contribution is 0.0940. The second kappa shape index (κ2) is 8.76. The Labute approximate surface area is 141 Å². The first-order valence-corrected chi connectivity index (χ1v) is 8.16. The third-order valence-electron chi connectivity index (χ3n) is 3.30. The average Bonchev–Trinajstić information content (AvgIpc) is 2.64. The molecule has 2 amide bonds. The molecule has 0 atom stereocenters. The molecular weight excluding hydrogens is 304 g/mol. The highest BCUT2D eigenvalue weighted by Gasteiger charge is 2.11. The first-order valence-electron chi connectivity index (χ1n) is 8.16. The molecule has 2 aromatic rings. The quantitative estimate of drug-likeness (QED) is 0.818. The fourth-order valence-electron chi connectivity index (χ4n) is 2.07. The average molecular weight is 326 g/mol. The van der Waals surface area contributed by atoms with Crippen LogP contribution in [0.25, 0.3) is 11.4 Å². The SMILES string of the molecule is CCCNC(=O)c1cccc(-c2cccc(C(=O)NCCC)n2)n1. The zero-order chi connectivity index (χ0) is 17.4. The maximum absolute atomic E-state index is 12.0. The van der Waals surface area contributed by atoms with Crippen LogP contribution in [0.1, 0.15) is 47.7 Å². The molecule has 0 aliphatic heterocycles. The molecule has 0 unspecified atom stereocenters. The Morgan fingerprint density at radius 3 is 1.58 bits per heavy atom. The van der Waals surface area contributed by atoms with Gasteiger partial charge in [-0.1, -0.05) is 26.0 Å². The molecule has 0 aromatic carbocycles. The highest BCUT2D eigenvalue weighted by molar-refractivity contribution is 5.93. The number of rotatable bonds is 7. The minimum atomic E-state index is -0.212. The summed E-state index contributed by atoms with van der Waals surface area (Å²) in [5.74, 6) is -0.425. The summed E-state index contributed by atoms with van der Waals surface area (Å²) in [5.41, 5.74) is 1.79. The van der Waals surface area contributed by atoms with Gasteiger partial charge in [0.15, 0.2) is 0 Å². The molecule has 0 saturated heterocycles. The van der Waals surface area contributed by atoms with Crippen molar-refractivity contribution in [2.45, 2.75) is 26.7 Å². The molecule has 2 rings (SSSR count). The first kappa shape index (κ1) is 17.6. The zero-order valence-corrected chi connectivity index (χ0v) is 14.0. The van der Waals surface area contributed by atoms with Gasteiger partial charge in [0.25, 0.3) is 11.8 Å². The number of carbonyl (C=O) groups is 2. The van der Waals surface area contributed by atoms with Gasteiger partial charge in [-0.05, 0) is 37.1 Å². The van der Waals surface area contributed by atoms with Crippen LogP contribution in [-0.4, -0.2) is 34.9 Å². The lowest BCUT2D eigenvalue weighted by atomic mass is 10.2. The smallest absolute Gasteiger partial charge is 0.269 e. The molecule has 2 heterocycles. The fraction of sp³-hybridized carbons (Fsp3) is 0.333. The van der Waals surface area contributed by atoms with Crippen molar-refractivity contribution < 1.29 is 9.59 Å². The molecule has 126 valence electrons. The predicted molar refractivity (Wildman–Crippen MR) is 92.7 cm³/mol. The summed E-state index contributed by atoms with van der Waals surface area (Å²) in [4.78, 5) is 32.7. The third-order valence-corrected chi connectivity index (χ3v) is 3.30. The molecule has 0 spiro atoms. The van der Waals surface area contributed by atoms with Crippen molar-refractivity contribution in [1.82, 2.24) is 20.6 Å². The minimum absolute atomic E-state index is 0.212. The number of nitrogens with zero attached hydrogens (tertiary/aromatic N) is 2. The van der Waals surface area contributed by atoms with Crippen molar-refractivity contribution in [2.24, 2.45) is 0 Å². The van der Waals surface area contributed by atoms with E-state index in [0.717, 1.165) is 12.8 Å². The van der Waals surface area contributed by atoms with E-state index < -0.39 is 0 Å². The molecule has 6 nitrogen and oxygen atoms in total. The van der Waals surface area contributed by atoms with E-state index in [1.807, 2.05) is 13.8 Å². The first-order chi connectivity index (χ1) is 11.7. The van der Waals surface area contributed by atoms with Crippen LogP contribution in [0.3, 0.4) is 0 Å². The topological polar surface area (TPSA) is 84.0 Å². The molecule has 24 heavy (non-hydrogen) atoms. The van der Waals surface area contributed by atoms with Crippen LogP contribution in [0.4, 0.5) is 0 Å². The van der Waals surface area contributed by atoms with Gasteiger partial charge in [-0.3, -0.25) is 9.59 Å². The monoisotopic (exact) mass is 326 g/mol. The van der Waals surface area contributed by atoms with Crippen molar-refractivity contribution in [2.75, 3.05) is 13.1 Å². The molecule has 0 aliphatic rings. The molecule has 0 aliphatic carbocycles. The van der Waals surface area contributed by atoms with Crippen molar-refractivity contribution in [3.8, 4) is 11.4 Å². The Bertz CT molecular complexity index is 654. The van der Waals surface area contributed by atoms with E-state index in [9.17, 15) is 9.59 Å². The largest absolute Gasteiger partial charge is 0.351 e. The summed E-state index contributed by atoms with van der Waals surface area (Å²) in [5, 5.41) is 5.59. The summed E-state index contributed by atoms with van der Waals surface area (Å²) in [6, 6.07) is 10.4. The molecule has 2 N–H and O–H groups in total. The number of aromatic nitrogens is 2. The van der Waals surface area contributed by atoms with E-state index in [0.29, 0.717) is 35.9 Å². The number of hydrogen-bond donors (Lipinski definition) is 2. The van der Waals surface area contributed by atoms with Crippen LogP contribution < -0.4 is 10.6 Å². The van der Waals surface area contributed by atoms with Gasteiger partial charge >= 0.3 is 0 Å². The van der Waals surface area contributed by atoms with Crippen LogP contribution in [0.2, 0.25) is 0 Å². The van der Waals surface area contributed by atoms with Gasteiger partial charge in [-0.15, -0.1) is 0 Å². The number of pyridine rings is 2. The van der Waals surface area contributed by atoms with E-state index in [4.69, 9.17) is 0 Å². The predicted octanol–water partition coefficient (Wildman–Crippen LogP) is 2.42. The van der Waals surface area contributed by atoms with Gasteiger partial charge in [0.1, 0.15) is 11.4 Å². The van der Waals surface area contributed by atoms with Crippen molar-refractivity contribution in [3.63, 3.8) is 0 Å². The minimum Gasteiger partial charge on any atom is -0.351 e. The second-order valence-corrected chi connectivity index (χ2v) is 5.33. The highest BCUT2D eigenvalue weighted by Crippen LogP contribution is 2.15. The van der Waals surface area contributed by atoms with Crippen LogP contribution in [0.15, 0.2) is 36.4 Å². The van der Waals surface area contributed by atoms with Gasteiger partial charge in [0, 0.05) is 13.1 Å². The van der Waals surface area contributed by atoms with E-state index in [1.165, 1.54) is 0 Å². The standard InChI is InChI=1S/C18H22N4O2/c1-3-11-19-17(23)15-9-5-7-13(21-15)14-8-6-10-16(22-14)18(24)20-12-4-2/h5-10H,3-4,11-12H2,1-2H3,(H,19,23)(H,20,24). The highest BCUT2D eigenvalue weighted by atomic mass is 16.2. The third kappa shape index (κ3) is 4.62. The van der Waals surface area contributed by atoms with Crippen LogP contribution in [-0.2, 0) is 0 Å². The molecule has 2 aromatic heterocycles. The molecule has 0 saturated carbocycles. The van der Waals surface area contributed by atoms with Crippen LogP contribution in [0.5, 0.6) is 0 Å². The van der Waals surface area contributed by atoms with Gasteiger partial charge in [0.05, 0.1) is 11.4 Å². The van der Waals surface area contributed by atoms with Crippen LogP contribution in [0, 0.1) is 0 Å². The molecule has 0 radical (unpaired) electrons. The lowest BCUT2D eigenvalue weighted by Crippen LogP contribution is -2.25. The van der Waals surface area contributed by atoms with E-state index >= 15 is 0 Å². The maximum Gasteiger partial charge on any atom is 0.269 e. The lowest BCUT2D eigenvalue weighted by Gasteiger charge is -2.07. The molecule has 6 heteroatoms. The zero-order valence-electron chi connectivity index (χ0n) is 14.0. The second-order valence-electron chi connectivity index (χ2n) is 5.33. The van der Waals surface area contributed by atoms with Crippen molar-refractivity contribution in [1.29, 1.82) is 0 Å². The fourth-order valence-corrected chi connectivity index (χ4v) is 2.07. The van der Waals surface area contributed by atoms with E-state index in [1.54, 1.807) is 36.4 Å². The van der Waals surface area contributed by atoms with Gasteiger partial charge in [-0.2, -0.15) is 0 Å². The number of nitrogens with one attached hydrogen (secondary N) is 2. The van der Waals surface area contributed by atoms with Crippen molar-refractivity contribution >= 4 is 11.8 Å². The summed E-state index contributed by atoms with van der Waals surface area (Å²) in [7, 11) is 0. The summed E-state index contributed by atoms with van der Waals surface area (Å²) >= 11 is 0. The van der Waals surface area contributed by atoms with Crippen molar-refractivity contribution in [3.05, 3.63) is 47.8 Å². The Balaban J connectivity index is 2.22. The number of carbonyl (C=O) groups excluding carboxylic acids is 2. The molecule has 0 fully saturated rings. The van der Waals surface area contributed by atoms with E-state index in [-0.39, 0.29) is 11.8 Å². The number of amides is 2. The summed E-state index contributed by atoms with van der Waals surface area (Å²) in [6.07, 6.45) is 1.73. The van der Waals surface area contributed by atoms with E-state index in [2.05, 4.69) is 20.6 Å². The Morgan fingerprint density at radius 2 is 1.21 bits per heavy atom. The summed E-state index contributed by atoms with van der Waals surface area (Å²) in [6.45, 7) is 5.19. The Kier molecular flexibility index (Phi) is 6.42. The molecular formula is C18H22N4O2. The van der Waals surface area contributed by atoms with Gasteiger partial charge < -0.3 is 10.6 Å². The maximum atomic E-state index is 12.0. The van der Waals surface area contributed by atoms with Crippen LogP contribution >= 0.6 is 0 Å². The number of hydrogen-bond acceptors (Lipinski definition) is 4. The van der Waals surface area contributed by atoms with Gasteiger partial charge in [0.2, 0.25) is 0 Å². The molecule has 0 bridgehead atoms. The Hall–Kier alpha value is -2.76. The Morgan fingerprint density at radius 1 is 0.792 bits per heavy atom. The normalized spacial score (nSPS) is 10.2. The summed E-state index contributed by atoms with van der Waals surface area (Å²) < 4.78 is 0.